The van der Waals surface area contributed by atoms with E-state index in [-0.39, 0.29) is 17.7 Å². The van der Waals surface area contributed by atoms with Crippen molar-refractivity contribution in [1.82, 2.24) is 10.2 Å². The fourth-order valence-electron chi connectivity index (χ4n) is 2.76. The zero-order valence-corrected chi connectivity index (χ0v) is 10.7. The van der Waals surface area contributed by atoms with Crippen molar-refractivity contribution in [2.24, 2.45) is 17.8 Å². The molecule has 2 saturated heterocycles. The van der Waals surface area contributed by atoms with E-state index in [0.717, 1.165) is 19.5 Å². The van der Waals surface area contributed by atoms with Crippen LogP contribution in [0.25, 0.3) is 0 Å². The second kappa shape index (κ2) is 5.17. The summed E-state index contributed by atoms with van der Waals surface area (Å²) < 4.78 is 0. The van der Waals surface area contributed by atoms with Crippen molar-refractivity contribution in [3.63, 3.8) is 0 Å². The van der Waals surface area contributed by atoms with Crippen molar-refractivity contribution < 1.29 is 9.59 Å². The molecular weight excluding hydrogens is 216 g/mol. The highest BCUT2D eigenvalue weighted by Crippen LogP contribution is 2.24. The Morgan fingerprint density at radius 3 is 2.47 bits per heavy atom. The van der Waals surface area contributed by atoms with Crippen LogP contribution in [0.5, 0.6) is 0 Å². The standard InChI is InChI=1S/C13H22N2O2/c1-9-5-12(16)15(13(17)6-9)8-11-7-14-4-3-10(11)2/h9-11,14H,3-8H2,1-2H3. The maximum absolute atomic E-state index is 11.9. The van der Waals surface area contributed by atoms with Crippen LogP contribution in [0.2, 0.25) is 0 Å². The van der Waals surface area contributed by atoms with E-state index in [9.17, 15) is 9.59 Å². The van der Waals surface area contributed by atoms with E-state index in [1.807, 2.05) is 6.92 Å². The molecule has 2 amide bonds. The number of carbonyl (C=O) groups excluding carboxylic acids is 2. The summed E-state index contributed by atoms with van der Waals surface area (Å²) in [6, 6.07) is 0. The van der Waals surface area contributed by atoms with Gasteiger partial charge in [0.25, 0.3) is 0 Å². The Morgan fingerprint density at radius 1 is 1.24 bits per heavy atom. The van der Waals surface area contributed by atoms with Crippen LogP contribution in [0, 0.1) is 17.8 Å². The lowest BCUT2D eigenvalue weighted by atomic mass is 9.86. The van der Waals surface area contributed by atoms with Gasteiger partial charge >= 0.3 is 0 Å². The number of hydrogen-bond donors (Lipinski definition) is 1. The van der Waals surface area contributed by atoms with Crippen molar-refractivity contribution >= 4 is 11.8 Å². The van der Waals surface area contributed by atoms with Gasteiger partial charge in [-0.05, 0) is 37.3 Å². The van der Waals surface area contributed by atoms with Crippen molar-refractivity contribution in [2.45, 2.75) is 33.1 Å². The molecule has 0 aliphatic carbocycles. The summed E-state index contributed by atoms with van der Waals surface area (Å²) >= 11 is 0. The summed E-state index contributed by atoms with van der Waals surface area (Å²) in [6.07, 6.45) is 2.19. The number of nitrogens with zero attached hydrogens (tertiary/aromatic N) is 1. The summed E-state index contributed by atoms with van der Waals surface area (Å²) in [5, 5.41) is 3.34. The molecule has 2 heterocycles. The normalized spacial score (nSPS) is 32.0. The van der Waals surface area contributed by atoms with E-state index in [2.05, 4.69) is 12.2 Å². The highest BCUT2D eigenvalue weighted by atomic mass is 16.2. The third-order valence-corrected chi connectivity index (χ3v) is 4.05. The highest BCUT2D eigenvalue weighted by molar-refractivity contribution is 5.97. The Kier molecular flexibility index (Phi) is 3.82. The van der Waals surface area contributed by atoms with Gasteiger partial charge in [0, 0.05) is 19.4 Å². The monoisotopic (exact) mass is 238 g/mol. The van der Waals surface area contributed by atoms with Crippen molar-refractivity contribution in [3.8, 4) is 0 Å². The molecule has 0 bridgehead atoms. The smallest absolute Gasteiger partial charge is 0.229 e. The zero-order valence-electron chi connectivity index (χ0n) is 10.7. The molecule has 4 heteroatoms. The first kappa shape index (κ1) is 12.6. The average Bonchev–Trinajstić information content (AvgIpc) is 2.25. The first-order valence-electron chi connectivity index (χ1n) is 6.62. The number of nitrogens with one attached hydrogen (secondary N) is 1. The topological polar surface area (TPSA) is 49.4 Å². The van der Waals surface area contributed by atoms with Crippen LogP contribution in [0.4, 0.5) is 0 Å². The first-order chi connectivity index (χ1) is 8.08. The van der Waals surface area contributed by atoms with Gasteiger partial charge < -0.3 is 5.32 Å². The van der Waals surface area contributed by atoms with Crippen molar-refractivity contribution in [2.75, 3.05) is 19.6 Å². The molecule has 2 rings (SSSR count). The minimum Gasteiger partial charge on any atom is -0.316 e. The third kappa shape index (κ3) is 2.86. The second-order valence-corrected chi connectivity index (χ2v) is 5.64. The lowest BCUT2D eigenvalue weighted by molar-refractivity contribution is -0.150. The Morgan fingerprint density at radius 2 is 1.88 bits per heavy atom. The number of rotatable bonds is 2. The van der Waals surface area contributed by atoms with Gasteiger partial charge in [0.05, 0.1) is 0 Å². The number of carbonyl (C=O) groups is 2. The largest absolute Gasteiger partial charge is 0.316 e. The van der Waals surface area contributed by atoms with E-state index in [1.54, 1.807) is 0 Å². The van der Waals surface area contributed by atoms with Crippen LogP contribution in [0.15, 0.2) is 0 Å². The quantitative estimate of drug-likeness (QED) is 0.731. The van der Waals surface area contributed by atoms with Crippen LogP contribution in [-0.2, 0) is 9.59 Å². The lowest BCUT2D eigenvalue weighted by Gasteiger charge is -2.35. The van der Waals surface area contributed by atoms with Gasteiger partial charge in [0.1, 0.15) is 0 Å². The molecule has 1 N–H and O–H groups in total. The third-order valence-electron chi connectivity index (χ3n) is 4.05. The molecule has 17 heavy (non-hydrogen) atoms. The predicted molar refractivity (Wildman–Crippen MR) is 65.3 cm³/mol. The van der Waals surface area contributed by atoms with E-state index >= 15 is 0 Å². The van der Waals surface area contributed by atoms with Crippen molar-refractivity contribution in [1.29, 1.82) is 0 Å². The number of likely N-dealkylation sites (tertiary alicyclic amines) is 1. The van der Waals surface area contributed by atoms with Gasteiger partial charge in [-0.25, -0.2) is 0 Å². The van der Waals surface area contributed by atoms with Crippen molar-refractivity contribution in [3.05, 3.63) is 0 Å². The van der Waals surface area contributed by atoms with Crippen LogP contribution in [-0.4, -0.2) is 36.3 Å². The van der Waals surface area contributed by atoms with Gasteiger partial charge in [-0.15, -0.1) is 0 Å². The average molecular weight is 238 g/mol. The molecule has 2 unspecified atom stereocenters. The Balaban J connectivity index is 1.97. The molecule has 0 aromatic rings. The molecule has 0 aromatic carbocycles. The summed E-state index contributed by atoms with van der Waals surface area (Å²) in [4.78, 5) is 25.3. The fourth-order valence-corrected chi connectivity index (χ4v) is 2.76. The van der Waals surface area contributed by atoms with Gasteiger partial charge in [-0.3, -0.25) is 14.5 Å². The molecule has 96 valence electrons. The van der Waals surface area contributed by atoms with Crippen LogP contribution in [0.1, 0.15) is 33.1 Å². The van der Waals surface area contributed by atoms with Gasteiger partial charge in [0.15, 0.2) is 0 Å². The Labute approximate surface area is 103 Å². The van der Waals surface area contributed by atoms with E-state index in [4.69, 9.17) is 0 Å². The van der Waals surface area contributed by atoms with Crippen LogP contribution >= 0.6 is 0 Å². The summed E-state index contributed by atoms with van der Waals surface area (Å²) in [5.74, 6) is 1.27. The predicted octanol–water partition coefficient (Wildman–Crippen LogP) is 1.02. The summed E-state index contributed by atoms with van der Waals surface area (Å²) in [7, 11) is 0. The lowest BCUT2D eigenvalue weighted by Crippen LogP contribution is -2.49. The first-order valence-corrected chi connectivity index (χ1v) is 6.62. The molecule has 0 aromatic heterocycles. The number of imide groups is 1. The summed E-state index contributed by atoms with van der Waals surface area (Å²) in [6.45, 7) is 6.77. The second-order valence-electron chi connectivity index (χ2n) is 5.64. The van der Waals surface area contributed by atoms with Gasteiger partial charge in [0.2, 0.25) is 11.8 Å². The van der Waals surface area contributed by atoms with Crippen LogP contribution < -0.4 is 5.32 Å². The summed E-state index contributed by atoms with van der Waals surface area (Å²) in [5.41, 5.74) is 0. The SMILES string of the molecule is CC1CC(=O)N(CC2CNCCC2C)C(=O)C1. The number of amides is 2. The number of hydrogen-bond acceptors (Lipinski definition) is 3. The maximum Gasteiger partial charge on any atom is 0.229 e. The van der Waals surface area contributed by atoms with Gasteiger partial charge in [-0.1, -0.05) is 13.8 Å². The Hall–Kier alpha value is -0.900. The minimum atomic E-state index is 0.0199. The number of piperidine rings is 2. The van der Waals surface area contributed by atoms with Crippen LogP contribution in [0.3, 0.4) is 0 Å². The molecule has 4 nitrogen and oxygen atoms in total. The molecule has 2 fully saturated rings. The molecule has 0 radical (unpaired) electrons. The van der Waals surface area contributed by atoms with E-state index < -0.39 is 0 Å². The Bertz CT molecular complexity index is 299. The van der Waals surface area contributed by atoms with Gasteiger partial charge in [-0.2, -0.15) is 0 Å². The maximum atomic E-state index is 11.9. The van der Waals surface area contributed by atoms with E-state index in [0.29, 0.717) is 31.2 Å². The zero-order chi connectivity index (χ0) is 12.4. The molecule has 2 aliphatic rings. The molecule has 0 spiro atoms. The molecule has 2 aliphatic heterocycles. The molecular formula is C13H22N2O2. The molecule has 2 atom stereocenters. The fraction of sp³-hybridized carbons (Fsp3) is 0.846. The van der Waals surface area contributed by atoms with E-state index in [1.165, 1.54) is 4.90 Å². The highest BCUT2D eigenvalue weighted by Gasteiger charge is 2.33. The minimum absolute atomic E-state index is 0.0199. The molecule has 0 saturated carbocycles.